The number of benzene rings is 1. The molecule has 0 aromatic heterocycles. The third-order valence-corrected chi connectivity index (χ3v) is 4.65. The second-order valence-corrected chi connectivity index (χ2v) is 6.54. The van der Waals surface area contributed by atoms with Crippen LogP contribution in [0.3, 0.4) is 0 Å². The summed E-state index contributed by atoms with van der Waals surface area (Å²) in [5.41, 5.74) is 7.13. The van der Waals surface area contributed by atoms with Gasteiger partial charge in [0.05, 0.1) is 0 Å². The monoisotopic (exact) mass is 330 g/mol. The fraction of sp³-hybridized carbons (Fsp3) is 0.571. The molecule has 2 nitrogen and oxygen atoms in total. The van der Waals surface area contributed by atoms with Gasteiger partial charge in [-0.3, -0.25) is 4.90 Å². The van der Waals surface area contributed by atoms with E-state index >= 15 is 0 Å². The molecule has 0 bridgehead atoms. The summed E-state index contributed by atoms with van der Waals surface area (Å²) in [6.07, 6.45) is 4.68. The Morgan fingerprint density at radius 2 is 2.00 bits per heavy atom. The third-order valence-electron chi connectivity index (χ3n) is 3.79. The summed E-state index contributed by atoms with van der Waals surface area (Å²) in [5.74, 6) is 0. The molecule has 0 unspecified atom stereocenters. The van der Waals surface area contributed by atoms with Crippen LogP contribution in [-0.2, 0) is 6.54 Å². The number of rotatable bonds is 3. The zero-order valence-electron chi connectivity index (χ0n) is 10.7. The van der Waals surface area contributed by atoms with Gasteiger partial charge in [0, 0.05) is 28.1 Å². The maximum absolute atomic E-state index is 6.23. The Morgan fingerprint density at radius 1 is 1.33 bits per heavy atom. The number of hydrogen-bond acceptors (Lipinski definition) is 2. The fourth-order valence-electron chi connectivity index (χ4n) is 2.60. The van der Waals surface area contributed by atoms with Gasteiger partial charge in [0.15, 0.2) is 0 Å². The normalized spacial score (nSPS) is 24.5. The van der Waals surface area contributed by atoms with Gasteiger partial charge in [-0.15, -0.1) is 0 Å². The van der Waals surface area contributed by atoms with Gasteiger partial charge < -0.3 is 5.73 Å². The molecule has 1 aromatic carbocycles. The Labute approximate surface area is 123 Å². The highest BCUT2D eigenvalue weighted by molar-refractivity contribution is 9.10. The molecule has 0 saturated heterocycles. The summed E-state index contributed by atoms with van der Waals surface area (Å²) in [6.45, 7) is 0.901. The first kappa shape index (κ1) is 14.3. The van der Waals surface area contributed by atoms with Gasteiger partial charge in [-0.1, -0.05) is 27.5 Å². The minimum absolute atomic E-state index is 0.407. The van der Waals surface area contributed by atoms with Crippen molar-refractivity contribution < 1.29 is 0 Å². The molecule has 18 heavy (non-hydrogen) atoms. The van der Waals surface area contributed by atoms with Crippen LogP contribution >= 0.6 is 27.5 Å². The highest BCUT2D eigenvalue weighted by Gasteiger charge is 2.22. The van der Waals surface area contributed by atoms with Gasteiger partial charge in [0.25, 0.3) is 0 Å². The SMILES string of the molecule is CN(Cc1cc(Br)ccc1Cl)C1CCC(N)CC1. The Balaban J connectivity index is 1.98. The summed E-state index contributed by atoms with van der Waals surface area (Å²) in [4.78, 5) is 2.40. The summed E-state index contributed by atoms with van der Waals surface area (Å²) < 4.78 is 1.08. The lowest BCUT2D eigenvalue weighted by molar-refractivity contribution is 0.176. The molecular weight excluding hydrogens is 312 g/mol. The van der Waals surface area contributed by atoms with Gasteiger partial charge in [-0.2, -0.15) is 0 Å². The second kappa shape index (κ2) is 6.38. The van der Waals surface area contributed by atoms with Crippen molar-refractivity contribution in [2.75, 3.05) is 7.05 Å². The van der Waals surface area contributed by atoms with E-state index < -0.39 is 0 Å². The van der Waals surface area contributed by atoms with E-state index in [-0.39, 0.29) is 0 Å². The van der Waals surface area contributed by atoms with Gasteiger partial charge >= 0.3 is 0 Å². The van der Waals surface area contributed by atoms with Crippen molar-refractivity contribution >= 4 is 27.5 Å². The van der Waals surface area contributed by atoms with E-state index in [1.807, 2.05) is 12.1 Å². The summed E-state index contributed by atoms with van der Waals surface area (Å²) in [5, 5.41) is 0.845. The molecule has 0 aliphatic heterocycles. The molecule has 4 heteroatoms. The molecular formula is C14H20BrClN2. The molecule has 0 amide bonds. The lowest BCUT2D eigenvalue weighted by atomic mass is 9.91. The van der Waals surface area contributed by atoms with E-state index in [1.54, 1.807) is 0 Å². The van der Waals surface area contributed by atoms with Gasteiger partial charge in [0.2, 0.25) is 0 Å². The van der Waals surface area contributed by atoms with E-state index in [4.69, 9.17) is 17.3 Å². The summed E-state index contributed by atoms with van der Waals surface area (Å²) in [6, 6.07) is 7.08. The van der Waals surface area contributed by atoms with Crippen LogP contribution in [0.2, 0.25) is 5.02 Å². The van der Waals surface area contributed by atoms with Crippen LogP contribution in [0, 0.1) is 0 Å². The molecule has 0 atom stereocenters. The van der Waals surface area contributed by atoms with Crippen molar-refractivity contribution in [3.63, 3.8) is 0 Å². The zero-order valence-corrected chi connectivity index (χ0v) is 13.0. The molecule has 1 aliphatic carbocycles. The predicted octanol–water partition coefficient (Wildman–Crippen LogP) is 3.80. The largest absolute Gasteiger partial charge is 0.328 e. The van der Waals surface area contributed by atoms with E-state index in [0.717, 1.165) is 28.9 Å². The van der Waals surface area contributed by atoms with Crippen LogP contribution in [0.15, 0.2) is 22.7 Å². The quantitative estimate of drug-likeness (QED) is 0.912. The van der Waals surface area contributed by atoms with Crippen LogP contribution < -0.4 is 5.73 Å². The van der Waals surface area contributed by atoms with Gasteiger partial charge in [-0.05, 0) is 56.5 Å². The van der Waals surface area contributed by atoms with E-state index in [0.29, 0.717) is 12.1 Å². The molecule has 0 heterocycles. The van der Waals surface area contributed by atoms with Crippen molar-refractivity contribution in [2.24, 2.45) is 5.73 Å². The fourth-order valence-corrected chi connectivity index (χ4v) is 3.19. The lowest BCUT2D eigenvalue weighted by Crippen LogP contribution is -2.38. The zero-order chi connectivity index (χ0) is 13.1. The minimum Gasteiger partial charge on any atom is -0.328 e. The number of halogens is 2. The number of nitrogens with two attached hydrogens (primary N) is 1. The summed E-state index contributed by atoms with van der Waals surface area (Å²) >= 11 is 9.73. The first-order valence-electron chi connectivity index (χ1n) is 6.46. The van der Waals surface area contributed by atoms with Gasteiger partial charge in [0.1, 0.15) is 0 Å². The Morgan fingerprint density at radius 3 is 2.67 bits per heavy atom. The number of hydrogen-bond donors (Lipinski definition) is 1. The van der Waals surface area contributed by atoms with Gasteiger partial charge in [-0.25, -0.2) is 0 Å². The number of nitrogens with zero attached hydrogens (tertiary/aromatic N) is 1. The van der Waals surface area contributed by atoms with E-state index in [1.165, 1.54) is 18.4 Å². The highest BCUT2D eigenvalue weighted by Crippen LogP contribution is 2.26. The average molecular weight is 332 g/mol. The van der Waals surface area contributed by atoms with Crippen molar-refractivity contribution in [2.45, 2.75) is 44.3 Å². The third kappa shape index (κ3) is 3.70. The van der Waals surface area contributed by atoms with Crippen LogP contribution in [-0.4, -0.2) is 24.0 Å². The molecule has 1 aliphatic rings. The summed E-state index contributed by atoms with van der Waals surface area (Å²) in [7, 11) is 2.18. The van der Waals surface area contributed by atoms with Crippen molar-refractivity contribution in [1.82, 2.24) is 4.90 Å². The first-order chi connectivity index (χ1) is 8.56. The van der Waals surface area contributed by atoms with E-state index in [9.17, 15) is 0 Å². The Kier molecular flexibility index (Phi) is 5.07. The maximum atomic E-state index is 6.23. The molecule has 2 N–H and O–H groups in total. The highest BCUT2D eigenvalue weighted by atomic mass is 79.9. The molecule has 0 radical (unpaired) electrons. The first-order valence-corrected chi connectivity index (χ1v) is 7.63. The standard InChI is InChI=1S/C14H20BrClN2/c1-18(13-5-3-12(17)4-6-13)9-10-8-11(15)2-7-14(10)16/h2,7-8,12-13H,3-6,9,17H2,1H3. The van der Waals surface area contributed by atoms with Crippen molar-refractivity contribution in [1.29, 1.82) is 0 Å². The molecule has 100 valence electrons. The molecule has 1 saturated carbocycles. The van der Waals surface area contributed by atoms with Crippen molar-refractivity contribution in [3.05, 3.63) is 33.3 Å². The average Bonchev–Trinajstić information content (AvgIpc) is 2.34. The van der Waals surface area contributed by atoms with E-state index in [2.05, 4.69) is 33.9 Å². The van der Waals surface area contributed by atoms with Crippen LogP contribution in [0.5, 0.6) is 0 Å². The maximum Gasteiger partial charge on any atom is 0.0451 e. The molecule has 0 spiro atoms. The molecule has 1 fully saturated rings. The second-order valence-electron chi connectivity index (χ2n) is 5.22. The van der Waals surface area contributed by atoms with Crippen LogP contribution in [0.4, 0.5) is 0 Å². The molecule has 1 aromatic rings. The predicted molar refractivity (Wildman–Crippen MR) is 80.9 cm³/mol. The Bertz CT molecular complexity index is 403. The Hall–Kier alpha value is -0.0900. The van der Waals surface area contributed by atoms with Crippen molar-refractivity contribution in [3.8, 4) is 0 Å². The molecule has 2 rings (SSSR count). The topological polar surface area (TPSA) is 29.3 Å². The minimum atomic E-state index is 0.407. The van der Waals surface area contributed by atoms with Crippen LogP contribution in [0.25, 0.3) is 0 Å². The lowest BCUT2D eigenvalue weighted by Gasteiger charge is -2.33. The van der Waals surface area contributed by atoms with Crippen LogP contribution in [0.1, 0.15) is 31.2 Å². The smallest absolute Gasteiger partial charge is 0.0451 e.